The van der Waals surface area contributed by atoms with E-state index in [4.69, 9.17) is 0 Å². The van der Waals surface area contributed by atoms with Crippen molar-refractivity contribution in [3.05, 3.63) is 24.3 Å². The summed E-state index contributed by atoms with van der Waals surface area (Å²) < 4.78 is 0.869. The molecule has 0 amide bonds. The van der Waals surface area contributed by atoms with Gasteiger partial charge in [-0.25, -0.2) is 0 Å². The van der Waals surface area contributed by atoms with Gasteiger partial charge in [-0.2, -0.15) is 0 Å². The molecule has 0 nitrogen and oxygen atoms in total. The summed E-state index contributed by atoms with van der Waals surface area (Å²) in [7, 11) is 0. The van der Waals surface area contributed by atoms with Crippen LogP contribution in [0.25, 0.3) is 0 Å². The Morgan fingerprint density at radius 3 is 1.85 bits per heavy atom. The van der Waals surface area contributed by atoms with Gasteiger partial charge in [-0.15, -0.1) is 0 Å². The van der Waals surface area contributed by atoms with Crippen molar-refractivity contribution in [2.45, 2.75) is 47.7 Å². The molecule has 0 saturated carbocycles. The molecule has 0 heterocycles. The van der Waals surface area contributed by atoms with Crippen LogP contribution in [0.2, 0.25) is 20.5 Å². The molecular formula is C12H22Ge. The third-order valence-corrected chi connectivity index (χ3v) is 16.4. The molecule has 1 rings (SSSR count). The molecule has 0 unspecified atom stereocenters. The second kappa shape index (κ2) is 5.04. The second-order valence-corrected chi connectivity index (χ2v) is 15.6. The average Bonchev–Trinajstić information content (AvgIpc) is 2.23. The SMILES string of the molecule is C[CH2][Ge]([CH2]C)([CH2]C)[CH]1C=CCC=C1. The van der Waals surface area contributed by atoms with Crippen molar-refractivity contribution in [3.8, 4) is 0 Å². The van der Waals surface area contributed by atoms with E-state index in [2.05, 4.69) is 45.1 Å². The van der Waals surface area contributed by atoms with Gasteiger partial charge in [-0.3, -0.25) is 0 Å². The Bertz CT molecular complexity index is 179. The van der Waals surface area contributed by atoms with Crippen molar-refractivity contribution in [2.75, 3.05) is 0 Å². The maximum absolute atomic E-state index is 2.48. The van der Waals surface area contributed by atoms with Gasteiger partial charge in [0.05, 0.1) is 0 Å². The zero-order valence-corrected chi connectivity index (χ0v) is 11.3. The van der Waals surface area contributed by atoms with Gasteiger partial charge in [-0.05, 0) is 0 Å². The summed E-state index contributed by atoms with van der Waals surface area (Å²) in [5.41, 5.74) is 0. The van der Waals surface area contributed by atoms with E-state index in [0.29, 0.717) is 0 Å². The zero-order valence-electron chi connectivity index (χ0n) is 9.22. The first-order valence-electron chi connectivity index (χ1n) is 5.62. The van der Waals surface area contributed by atoms with Gasteiger partial charge in [-0.1, -0.05) is 0 Å². The molecule has 74 valence electrons. The Hall–Kier alpha value is 0.0229. The van der Waals surface area contributed by atoms with Crippen LogP contribution in [0.3, 0.4) is 0 Å². The number of hydrogen-bond acceptors (Lipinski definition) is 0. The van der Waals surface area contributed by atoms with Crippen LogP contribution in [0.5, 0.6) is 0 Å². The fourth-order valence-corrected chi connectivity index (χ4v) is 10.9. The van der Waals surface area contributed by atoms with Crippen LogP contribution in [0.1, 0.15) is 27.2 Å². The Morgan fingerprint density at radius 2 is 1.46 bits per heavy atom. The van der Waals surface area contributed by atoms with E-state index in [1.54, 1.807) is 0 Å². The Morgan fingerprint density at radius 1 is 1.00 bits per heavy atom. The van der Waals surface area contributed by atoms with Gasteiger partial charge >= 0.3 is 85.3 Å². The van der Waals surface area contributed by atoms with Gasteiger partial charge in [0.15, 0.2) is 0 Å². The molecule has 1 aliphatic rings. The third-order valence-electron chi connectivity index (χ3n) is 3.78. The molecule has 0 atom stereocenters. The molecular weight excluding hydrogens is 217 g/mol. The van der Waals surface area contributed by atoms with E-state index in [-0.39, 0.29) is 0 Å². The van der Waals surface area contributed by atoms with Gasteiger partial charge in [0, 0.05) is 0 Å². The molecule has 0 aliphatic heterocycles. The van der Waals surface area contributed by atoms with Crippen molar-refractivity contribution < 1.29 is 0 Å². The number of allylic oxidation sites excluding steroid dienone is 4. The molecule has 1 heteroatoms. The first-order valence-corrected chi connectivity index (χ1v) is 11.3. The van der Waals surface area contributed by atoms with Gasteiger partial charge in [0.2, 0.25) is 0 Å². The molecule has 1 aliphatic carbocycles. The summed E-state index contributed by atoms with van der Waals surface area (Å²) in [5, 5.41) is 4.44. The first-order chi connectivity index (χ1) is 6.29. The van der Waals surface area contributed by atoms with Gasteiger partial charge in [0.1, 0.15) is 0 Å². The molecule has 0 radical (unpaired) electrons. The van der Waals surface area contributed by atoms with Crippen molar-refractivity contribution >= 4 is 13.3 Å². The van der Waals surface area contributed by atoms with E-state index in [9.17, 15) is 0 Å². The van der Waals surface area contributed by atoms with Crippen LogP contribution in [-0.4, -0.2) is 13.3 Å². The molecule has 0 aromatic rings. The molecule has 0 N–H and O–H groups in total. The van der Waals surface area contributed by atoms with E-state index < -0.39 is 13.3 Å². The fourth-order valence-electron chi connectivity index (χ4n) is 2.46. The topological polar surface area (TPSA) is 0 Å². The van der Waals surface area contributed by atoms with Gasteiger partial charge < -0.3 is 0 Å². The van der Waals surface area contributed by atoms with Crippen molar-refractivity contribution in [1.82, 2.24) is 0 Å². The summed E-state index contributed by atoms with van der Waals surface area (Å²) >= 11 is -1.52. The Balaban J connectivity index is 2.79. The normalized spacial score (nSPS) is 18.1. The van der Waals surface area contributed by atoms with Crippen LogP contribution >= 0.6 is 0 Å². The monoisotopic (exact) mass is 240 g/mol. The van der Waals surface area contributed by atoms with Crippen LogP contribution in [0.4, 0.5) is 0 Å². The Kier molecular flexibility index (Phi) is 4.30. The van der Waals surface area contributed by atoms with Crippen LogP contribution in [-0.2, 0) is 0 Å². The van der Waals surface area contributed by atoms with Crippen molar-refractivity contribution in [3.63, 3.8) is 0 Å². The second-order valence-electron chi connectivity index (χ2n) is 4.04. The molecule has 0 aromatic carbocycles. The first kappa shape index (κ1) is 11.1. The average molecular weight is 239 g/mol. The standard InChI is InChI=1S/C12H22Ge/c1-4-13(5-2,6-3)12-10-8-7-9-11-12/h8-12H,4-7H2,1-3H3. The van der Waals surface area contributed by atoms with Crippen molar-refractivity contribution in [1.29, 1.82) is 0 Å². The van der Waals surface area contributed by atoms with Crippen molar-refractivity contribution in [2.24, 2.45) is 0 Å². The molecule has 0 spiro atoms. The minimum atomic E-state index is -1.52. The van der Waals surface area contributed by atoms with Crippen LogP contribution in [0.15, 0.2) is 24.3 Å². The number of hydrogen-bond donors (Lipinski definition) is 0. The van der Waals surface area contributed by atoms with E-state index in [0.717, 1.165) is 11.2 Å². The molecule has 0 bridgehead atoms. The molecule has 0 aromatic heterocycles. The quantitative estimate of drug-likeness (QED) is 0.504. The van der Waals surface area contributed by atoms with Crippen LogP contribution < -0.4 is 0 Å². The van der Waals surface area contributed by atoms with E-state index in [1.165, 1.54) is 15.8 Å². The Labute approximate surface area is 85.5 Å². The predicted octanol–water partition coefficient (Wildman–Crippen LogP) is 4.38. The summed E-state index contributed by atoms with van der Waals surface area (Å²) in [6.45, 7) is 7.22. The number of rotatable bonds is 4. The van der Waals surface area contributed by atoms with E-state index in [1.807, 2.05) is 0 Å². The summed E-state index contributed by atoms with van der Waals surface area (Å²) in [5.74, 6) is 0. The summed E-state index contributed by atoms with van der Waals surface area (Å²) in [6, 6.07) is 0. The molecule has 0 saturated heterocycles. The zero-order chi connectivity index (χ0) is 9.73. The predicted molar refractivity (Wildman–Crippen MR) is 63.8 cm³/mol. The summed E-state index contributed by atoms with van der Waals surface area (Å²) in [6.07, 6.45) is 10.8. The molecule has 0 fully saturated rings. The minimum absolute atomic E-state index is 0.869. The van der Waals surface area contributed by atoms with Crippen LogP contribution in [0, 0.1) is 0 Å². The maximum atomic E-state index is 2.48. The fraction of sp³-hybridized carbons (Fsp3) is 0.667. The molecule has 13 heavy (non-hydrogen) atoms. The van der Waals surface area contributed by atoms with Gasteiger partial charge in [0.25, 0.3) is 0 Å². The van der Waals surface area contributed by atoms with E-state index >= 15 is 0 Å². The third kappa shape index (κ3) is 2.28. The summed E-state index contributed by atoms with van der Waals surface area (Å²) in [4.78, 5) is 0.